The maximum Gasteiger partial charge on any atom is 0.430 e. The average molecular weight is 268 g/mol. The van der Waals surface area contributed by atoms with Crippen LogP contribution in [0.15, 0.2) is 65.8 Å². The smallest absolute Gasteiger partial charge is 0.333 e. The van der Waals surface area contributed by atoms with Crippen LogP contribution in [0.4, 0.5) is 4.79 Å². The SMILES string of the molecule is NC(=O)ON=C(Cc1ccccc1)Cc1ccccc1. The van der Waals surface area contributed by atoms with Crippen LogP contribution in [0.2, 0.25) is 0 Å². The molecule has 0 aromatic heterocycles. The summed E-state index contributed by atoms with van der Waals surface area (Å²) in [4.78, 5) is 15.3. The Bertz CT molecular complexity index is 536. The van der Waals surface area contributed by atoms with E-state index in [9.17, 15) is 4.79 Å². The van der Waals surface area contributed by atoms with Crippen molar-refractivity contribution in [2.24, 2.45) is 10.9 Å². The van der Waals surface area contributed by atoms with E-state index in [4.69, 9.17) is 5.73 Å². The third-order valence-electron chi connectivity index (χ3n) is 2.77. The first kappa shape index (κ1) is 13.8. The molecule has 4 heteroatoms. The van der Waals surface area contributed by atoms with E-state index in [1.807, 2.05) is 60.7 Å². The van der Waals surface area contributed by atoms with Gasteiger partial charge in [-0.15, -0.1) is 0 Å². The van der Waals surface area contributed by atoms with Crippen LogP contribution < -0.4 is 5.73 Å². The van der Waals surface area contributed by atoms with Gasteiger partial charge in [-0.3, -0.25) is 4.84 Å². The first-order chi connectivity index (χ1) is 9.74. The van der Waals surface area contributed by atoms with Crippen molar-refractivity contribution in [3.8, 4) is 0 Å². The van der Waals surface area contributed by atoms with Gasteiger partial charge in [0.05, 0.1) is 5.71 Å². The van der Waals surface area contributed by atoms with Crippen LogP contribution in [-0.2, 0) is 17.7 Å². The van der Waals surface area contributed by atoms with E-state index in [1.54, 1.807) is 0 Å². The molecular weight excluding hydrogens is 252 g/mol. The standard InChI is InChI=1S/C16H16N2O2/c17-16(19)20-18-15(11-13-7-3-1-4-8-13)12-14-9-5-2-6-10-14/h1-10H,11-12H2,(H2,17,19). The van der Waals surface area contributed by atoms with Gasteiger partial charge in [-0.25, -0.2) is 4.79 Å². The molecule has 0 aliphatic rings. The van der Waals surface area contributed by atoms with E-state index >= 15 is 0 Å². The first-order valence-electron chi connectivity index (χ1n) is 6.34. The van der Waals surface area contributed by atoms with E-state index in [1.165, 1.54) is 0 Å². The van der Waals surface area contributed by atoms with Crippen LogP contribution in [0, 0.1) is 0 Å². The molecule has 2 N–H and O–H groups in total. The van der Waals surface area contributed by atoms with Crippen LogP contribution >= 0.6 is 0 Å². The molecule has 0 saturated carbocycles. The predicted octanol–water partition coefficient (Wildman–Crippen LogP) is 2.92. The highest BCUT2D eigenvalue weighted by Crippen LogP contribution is 2.07. The Hall–Kier alpha value is -2.62. The summed E-state index contributed by atoms with van der Waals surface area (Å²) in [7, 11) is 0. The molecule has 0 heterocycles. The first-order valence-corrected chi connectivity index (χ1v) is 6.34. The highest BCUT2D eigenvalue weighted by Gasteiger charge is 2.05. The maximum absolute atomic E-state index is 10.7. The van der Waals surface area contributed by atoms with Crippen molar-refractivity contribution in [2.45, 2.75) is 12.8 Å². The van der Waals surface area contributed by atoms with Gasteiger partial charge in [0.15, 0.2) is 0 Å². The predicted molar refractivity (Wildman–Crippen MR) is 78.4 cm³/mol. The van der Waals surface area contributed by atoms with Gasteiger partial charge >= 0.3 is 6.09 Å². The molecule has 0 aliphatic heterocycles. The zero-order valence-electron chi connectivity index (χ0n) is 11.0. The molecule has 2 rings (SSSR count). The third-order valence-corrected chi connectivity index (χ3v) is 2.77. The lowest BCUT2D eigenvalue weighted by molar-refractivity contribution is 0.161. The van der Waals surface area contributed by atoms with Crippen LogP contribution in [-0.4, -0.2) is 11.8 Å². The Morgan fingerprint density at radius 1 is 0.900 bits per heavy atom. The van der Waals surface area contributed by atoms with E-state index in [0.29, 0.717) is 12.8 Å². The summed E-state index contributed by atoms with van der Waals surface area (Å²) in [5.41, 5.74) is 7.92. The lowest BCUT2D eigenvalue weighted by atomic mass is 10.0. The highest BCUT2D eigenvalue weighted by molar-refractivity contribution is 5.88. The number of rotatable bonds is 5. The van der Waals surface area contributed by atoms with Crippen LogP contribution in [0.3, 0.4) is 0 Å². The second kappa shape index (κ2) is 7.09. The van der Waals surface area contributed by atoms with E-state index in [0.717, 1.165) is 16.8 Å². The lowest BCUT2D eigenvalue weighted by Crippen LogP contribution is -2.14. The molecule has 20 heavy (non-hydrogen) atoms. The number of primary amides is 1. The van der Waals surface area contributed by atoms with Crippen molar-refractivity contribution in [2.75, 3.05) is 0 Å². The fourth-order valence-corrected chi connectivity index (χ4v) is 1.90. The molecule has 0 unspecified atom stereocenters. The Labute approximate surface area is 117 Å². The second-order valence-electron chi connectivity index (χ2n) is 4.39. The second-order valence-corrected chi connectivity index (χ2v) is 4.39. The lowest BCUT2D eigenvalue weighted by Gasteiger charge is -2.06. The van der Waals surface area contributed by atoms with E-state index in [-0.39, 0.29) is 0 Å². The van der Waals surface area contributed by atoms with Gasteiger partial charge in [-0.05, 0) is 11.1 Å². The fraction of sp³-hybridized carbons (Fsp3) is 0.125. The Balaban J connectivity index is 2.12. The topological polar surface area (TPSA) is 64.7 Å². The number of hydrogen-bond donors (Lipinski definition) is 1. The number of carbonyl (C=O) groups excluding carboxylic acids is 1. The summed E-state index contributed by atoms with van der Waals surface area (Å²) in [5.74, 6) is 0. The summed E-state index contributed by atoms with van der Waals surface area (Å²) in [6.07, 6.45) is 0.329. The number of amides is 1. The normalized spacial score (nSPS) is 9.80. The third kappa shape index (κ3) is 4.57. The molecule has 1 amide bonds. The summed E-state index contributed by atoms with van der Waals surface area (Å²) in [6, 6.07) is 19.8. The fourth-order valence-electron chi connectivity index (χ4n) is 1.90. The number of benzene rings is 2. The monoisotopic (exact) mass is 268 g/mol. The summed E-state index contributed by atoms with van der Waals surface area (Å²) >= 11 is 0. The molecule has 0 bridgehead atoms. The van der Waals surface area contributed by atoms with E-state index < -0.39 is 6.09 Å². The molecule has 0 aliphatic carbocycles. The molecule has 0 spiro atoms. The van der Waals surface area contributed by atoms with Crippen molar-refractivity contribution in [1.82, 2.24) is 0 Å². The van der Waals surface area contributed by atoms with Crippen LogP contribution in [0.25, 0.3) is 0 Å². The minimum atomic E-state index is -0.899. The number of carbonyl (C=O) groups is 1. The largest absolute Gasteiger partial charge is 0.430 e. The highest BCUT2D eigenvalue weighted by atomic mass is 16.7. The number of nitrogens with zero attached hydrogens (tertiary/aromatic N) is 1. The Morgan fingerprint density at radius 2 is 1.35 bits per heavy atom. The van der Waals surface area contributed by atoms with Gasteiger partial charge in [0.1, 0.15) is 0 Å². The summed E-state index contributed by atoms with van der Waals surface area (Å²) in [6.45, 7) is 0. The van der Waals surface area contributed by atoms with Gasteiger partial charge in [-0.1, -0.05) is 65.8 Å². The number of nitrogens with two attached hydrogens (primary N) is 1. The van der Waals surface area contributed by atoms with Gasteiger partial charge < -0.3 is 5.73 Å². The van der Waals surface area contributed by atoms with Gasteiger partial charge in [0.25, 0.3) is 0 Å². The number of hydrogen-bond acceptors (Lipinski definition) is 3. The minimum absolute atomic E-state index is 0.614. The molecule has 0 fully saturated rings. The zero-order valence-corrected chi connectivity index (χ0v) is 11.0. The molecular formula is C16H16N2O2. The zero-order chi connectivity index (χ0) is 14.2. The van der Waals surface area contributed by atoms with Crippen molar-refractivity contribution in [3.05, 3.63) is 71.8 Å². The Morgan fingerprint density at radius 3 is 1.75 bits per heavy atom. The van der Waals surface area contributed by atoms with Crippen molar-refractivity contribution < 1.29 is 9.63 Å². The molecule has 102 valence electrons. The number of oxime groups is 1. The molecule has 0 radical (unpaired) electrons. The van der Waals surface area contributed by atoms with E-state index in [2.05, 4.69) is 9.99 Å². The van der Waals surface area contributed by atoms with Gasteiger partial charge in [0.2, 0.25) is 0 Å². The molecule has 2 aromatic rings. The summed E-state index contributed by atoms with van der Waals surface area (Å²) < 4.78 is 0. The minimum Gasteiger partial charge on any atom is -0.333 e. The molecule has 2 aromatic carbocycles. The molecule has 0 saturated heterocycles. The Kier molecular flexibility index (Phi) is 4.89. The molecule has 4 nitrogen and oxygen atoms in total. The van der Waals surface area contributed by atoms with Crippen LogP contribution in [0.5, 0.6) is 0 Å². The van der Waals surface area contributed by atoms with Crippen molar-refractivity contribution in [1.29, 1.82) is 0 Å². The average Bonchev–Trinajstić information content (AvgIpc) is 2.47. The summed E-state index contributed by atoms with van der Waals surface area (Å²) in [5, 5.41) is 3.86. The van der Waals surface area contributed by atoms with Gasteiger partial charge in [-0.2, -0.15) is 0 Å². The van der Waals surface area contributed by atoms with Crippen molar-refractivity contribution in [3.63, 3.8) is 0 Å². The van der Waals surface area contributed by atoms with Gasteiger partial charge in [0, 0.05) is 12.8 Å². The van der Waals surface area contributed by atoms with Crippen molar-refractivity contribution >= 4 is 11.8 Å². The molecule has 0 atom stereocenters. The maximum atomic E-state index is 10.7. The quantitative estimate of drug-likeness (QED) is 0.515. The van der Waals surface area contributed by atoms with Crippen LogP contribution in [0.1, 0.15) is 11.1 Å².